The van der Waals surface area contributed by atoms with Crippen molar-refractivity contribution in [3.63, 3.8) is 0 Å². The summed E-state index contributed by atoms with van der Waals surface area (Å²) in [6, 6.07) is 0. The number of rotatable bonds is 0. The SMILES string of the molecule is C[NH3+].[Ag+].[Bi+3].[I-].[I-].[I-].[I-].[I-]. The fourth-order valence-electron chi connectivity index (χ4n) is 0. The molecule has 0 bridgehead atoms. The molecule has 2 radical (unpaired) electrons. The van der Waals surface area contributed by atoms with E-state index < -0.39 is 0 Å². The van der Waals surface area contributed by atoms with Crippen LogP contribution in [0.15, 0.2) is 0 Å². The van der Waals surface area contributed by atoms with Crippen molar-refractivity contribution in [1.29, 1.82) is 0 Å². The van der Waals surface area contributed by atoms with Gasteiger partial charge in [0.2, 0.25) is 0 Å². The molecule has 0 fully saturated rings. The van der Waals surface area contributed by atoms with Gasteiger partial charge in [-0.15, -0.1) is 0 Å². The molecule has 66 valence electrons. The first kappa shape index (κ1) is 64.2. The van der Waals surface area contributed by atoms with Crippen LogP contribution >= 0.6 is 0 Å². The number of halogens is 5. The van der Waals surface area contributed by atoms with Crippen molar-refractivity contribution in [3.05, 3.63) is 0 Å². The third-order valence-corrected chi connectivity index (χ3v) is 0. The first-order chi connectivity index (χ1) is 1.00. The number of hydrogen-bond donors (Lipinski definition) is 1. The second-order valence-corrected chi connectivity index (χ2v) is 0. The average molecular weight is 983 g/mol. The van der Waals surface area contributed by atoms with Crippen molar-refractivity contribution in [2.45, 2.75) is 0 Å². The van der Waals surface area contributed by atoms with Gasteiger partial charge in [0, 0.05) is 0 Å². The van der Waals surface area contributed by atoms with Gasteiger partial charge in [0.15, 0.2) is 0 Å². The van der Waals surface area contributed by atoms with E-state index in [2.05, 4.69) is 5.73 Å². The van der Waals surface area contributed by atoms with Gasteiger partial charge in [-0.3, -0.25) is 0 Å². The van der Waals surface area contributed by atoms with Crippen molar-refractivity contribution in [1.82, 2.24) is 0 Å². The van der Waals surface area contributed by atoms with E-state index in [9.17, 15) is 0 Å². The summed E-state index contributed by atoms with van der Waals surface area (Å²) in [4.78, 5) is 0. The molecular formula is CH6AgBiI5N. The van der Waals surface area contributed by atoms with Gasteiger partial charge in [0.05, 0.1) is 7.05 Å². The summed E-state index contributed by atoms with van der Waals surface area (Å²) in [5, 5.41) is 0. The summed E-state index contributed by atoms with van der Waals surface area (Å²) in [6.07, 6.45) is 0. The maximum atomic E-state index is 3.25. The standard InChI is InChI=1S/CH5N.Ag.Bi.5HI/c1-2;;;;;;;/h2H2,1H3;;;5*1H/q;+1;+3;;;;;/p-4. The molecule has 0 amide bonds. The second kappa shape index (κ2) is 72.3. The average Bonchev–Trinajstić information content (AvgIpc) is 1.00. The van der Waals surface area contributed by atoms with E-state index >= 15 is 0 Å². The molecule has 8 heteroatoms. The quantitative estimate of drug-likeness (QED) is 0.185. The molecule has 0 saturated carbocycles. The number of quaternary nitrogens is 1. The van der Waals surface area contributed by atoms with E-state index in [1.165, 1.54) is 0 Å². The molecule has 0 aromatic carbocycles. The van der Waals surface area contributed by atoms with Crippen LogP contribution in [-0.4, -0.2) is 33.3 Å². The van der Waals surface area contributed by atoms with Gasteiger partial charge in [-0.2, -0.15) is 0 Å². The van der Waals surface area contributed by atoms with E-state index in [1.807, 2.05) is 0 Å². The van der Waals surface area contributed by atoms with E-state index in [0.29, 0.717) is 0 Å². The molecule has 0 aliphatic heterocycles. The molecule has 0 aromatic heterocycles. The summed E-state index contributed by atoms with van der Waals surface area (Å²) in [6.45, 7) is 0. The smallest absolute Gasteiger partial charge is 1.00 e. The van der Waals surface area contributed by atoms with Gasteiger partial charge >= 0.3 is 48.6 Å². The van der Waals surface area contributed by atoms with Crippen molar-refractivity contribution in [2.24, 2.45) is 0 Å². The Bertz CT molecular complexity index is 16.9. The Morgan fingerprint density at radius 1 is 0.667 bits per heavy atom. The molecule has 0 aromatic rings. The Kier molecular flexibility index (Phi) is 515. The Morgan fingerprint density at radius 2 is 0.667 bits per heavy atom. The van der Waals surface area contributed by atoms with Gasteiger partial charge < -0.3 is 126 Å². The van der Waals surface area contributed by atoms with Crippen LogP contribution in [0, 0.1) is 0 Å². The molecule has 0 heterocycles. The van der Waals surface area contributed by atoms with Gasteiger partial charge in [-0.05, 0) is 0 Å². The predicted molar refractivity (Wildman–Crippen MR) is 14.6 cm³/mol. The monoisotopic (exact) mass is 982 g/mol. The Hall–Kier alpha value is 5.23. The molecule has 0 atom stereocenters. The van der Waals surface area contributed by atoms with Crippen LogP contribution in [0.4, 0.5) is 0 Å². The van der Waals surface area contributed by atoms with Crippen LogP contribution in [0.3, 0.4) is 0 Å². The molecular weight excluding hydrogens is 977 g/mol. The third-order valence-electron chi connectivity index (χ3n) is 0. The summed E-state index contributed by atoms with van der Waals surface area (Å²) in [5.74, 6) is 0. The molecule has 0 saturated heterocycles. The maximum Gasteiger partial charge on any atom is 3.00 e. The molecule has 0 rings (SSSR count). The zero-order valence-electron chi connectivity index (χ0n) is 4.35. The largest absolute Gasteiger partial charge is 3.00 e. The molecule has 0 aliphatic rings. The van der Waals surface area contributed by atoms with Crippen molar-refractivity contribution >= 4 is 26.2 Å². The molecule has 0 aliphatic carbocycles. The zero-order valence-corrected chi connectivity index (χ0v) is 20.1. The Balaban J connectivity index is -0.000000000238. The van der Waals surface area contributed by atoms with Crippen molar-refractivity contribution < 1.29 is 148 Å². The van der Waals surface area contributed by atoms with Gasteiger partial charge in [-0.25, -0.2) is 0 Å². The van der Waals surface area contributed by atoms with Crippen LogP contribution in [0.2, 0.25) is 0 Å². The minimum atomic E-state index is 0. The fourth-order valence-corrected chi connectivity index (χ4v) is 0. The van der Waals surface area contributed by atoms with Gasteiger partial charge in [-0.1, -0.05) is 0 Å². The summed E-state index contributed by atoms with van der Waals surface area (Å²) in [5.41, 5.74) is 3.25. The molecule has 9 heavy (non-hydrogen) atoms. The molecule has 0 unspecified atom stereocenters. The minimum Gasteiger partial charge on any atom is -1.00 e. The van der Waals surface area contributed by atoms with Crippen LogP contribution in [0.25, 0.3) is 0 Å². The van der Waals surface area contributed by atoms with Crippen LogP contribution < -0.4 is 126 Å². The van der Waals surface area contributed by atoms with Crippen molar-refractivity contribution in [2.75, 3.05) is 7.05 Å². The Labute approximate surface area is 177 Å². The van der Waals surface area contributed by atoms with Gasteiger partial charge in [0.1, 0.15) is 0 Å². The molecule has 3 N–H and O–H groups in total. The Morgan fingerprint density at radius 3 is 0.667 bits per heavy atom. The van der Waals surface area contributed by atoms with Crippen LogP contribution in [0.5, 0.6) is 0 Å². The van der Waals surface area contributed by atoms with Crippen LogP contribution in [-0.2, 0) is 22.4 Å². The predicted octanol–water partition coefficient (Wildman–Crippen LogP) is -16.5. The number of hydrogen-bond acceptors (Lipinski definition) is 0. The van der Waals surface area contributed by atoms with E-state index in [4.69, 9.17) is 0 Å². The summed E-state index contributed by atoms with van der Waals surface area (Å²) in [7, 11) is 1.75. The first-order valence-corrected chi connectivity index (χ1v) is 0.707. The topological polar surface area (TPSA) is 27.6 Å². The first-order valence-electron chi connectivity index (χ1n) is 0.707. The second-order valence-electron chi connectivity index (χ2n) is 0. The maximum absolute atomic E-state index is 3.25. The zero-order chi connectivity index (χ0) is 2.00. The van der Waals surface area contributed by atoms with E-state index in [1.54, 1.807) is 7.05 Å². The molecule has 0 spiro atoms. The summed E-state index contributed by atoms with van der Waals surface area (Å²) < 4.78 is 0. The van der Waals surface area contributed by atoms with E-state index in [0.717, 1.165) is 0 Å². The van der Waals surface area contributed by atoms with Crippen molar-refractivity contribution in [3.8, 4) is 0 Å². The fraction of sp³-hybridized carbons (Fsp3) is 1.00. The minimum absolute atomic E-state index is 0. The van der Waals surface area contributed by atoms with E-state index in [-0.39, 0.29) is 168 Å². The van der Waals surface area contributed by atoms with Gasteiger partial charge in [0.25, 0.3) is 0 Å². The summed E-state index contributed by atoms with van der Waals surface area (Å²) >= 11 is 0. The van der Waals surface area contributed by atoms with Crippen LogP contribution in [0.1, 0.15) is 0 Å². The third kappa shape index (κ3) is 61.0. The normalized spacial score (nSPS) is 0.667. The molecule has 1 nitrogen and oxygen atoms in total.